The second-order valence-corrected chi connectivity index (χ2v) is 4.80. The number of nitrogens with zero attached hydrogens (tertiary/aromatic N) is 3. The minimum atomic E-state index is -0.154. The summed E-state index contributed by atoms with van der Waals surface area (Å²) in [6.45, 7) is 2.26. The Kier molecular flexibility index (Phi) is 3.73. The number of aryl methyl sites for hydroxylation is 1. The molecule has 1 unspecified atom stereocenters. The Morgan fingerprint density at radius 2 is 2.41 bits per heavy atom. The summed E-state index contributed by atoms with van der Waals surface area (Å²) in [6, 6.07) is 0. The molecule has 1 aromatic rings. The van der Waals surface area contributed by atoms with Gasteiger partial charge >= 0.3 is 0 Å². The lowest BCUT2D eigenvalue weighted by Crippen LogP contribution is -2.27. The fourth-order valence-electron chi connectivity index (χ4n) is 1.92. The van der Waals surface area contributed by atoms with Crippen molar-refractivity contribution in [1.29, 1.82) is 0 Å². The number of hydrogen-bond donors (Lipinski definition) is 1. The van der Waals surface area contributed by atoms with Gasteiger partial charge in [-0.25, -0.2) is 9.97 Å². The van der Waals surface area contributed by atoms with Crippen LogP contribution < -0.4 is 4.90 Å². The molecular weight excluding hydrogens is 286 g/mol. The Bertz CT molecular complexity index is 439. The minimum Gasteiger partial charge on any atom is -0.391 e. The number of aliphatic hydroxyl groups excluding tert-OH is 1. The molecule has 92 valence electrons. The van der Waals surface area contributed by atoms with Crippen LogP contribution in [-0.4, -0.2) is 32.9 Å². The van der Waals surface area contributed by atoms with Gasteiger partial charge in [0.25, 0.3) is 0 Å². The van der Waals surface area contributed by atoms with Crippen LogP contribution >= 0.6 is 15.9 Å². The van der Waals surface area contributed by atoms with Gasteiger partial charge in [0.2, 0.25) is 5.91 Å². The Balaban J connectivity index is 2.33. The Labute approximate surface area is 108 Å². The van der Waals surface area contributed by atoms with Gasteiger partial charge < -0.3 is 5.11 Å². The second-order valence-electron chi connectivity index (χ2n) is 4.15. The van der Waals surface area contributed by atoms with Crippen molar-refractivity contribution in [2.45, 2.75) is 20.0 Å². The van der Waals surface area contributed by atoms with E-state index in [1.54, 1.807) is 18.0 Å². The third-order valence-corrected chi connectivity index (χ3v) is 3.73. The lowest BCUT2D eigenvalue weighted by atomic mass is 10.2. The maximum atomic E-state index is 11.9. The van der Waals surface area contributed by atoms with E-state index in [-0.39, 0.29) is 12.5 Å². The number of carbonyl (C=O) groups excluding carboxylic acids is 1. The maximum Gasteiger partial charge on any atom is 0.228 e. The summed E-state index contributed by atoms with van der Waals surface area (Å²) in [4.78, 5) is 21.8. The number of anilines is 1. The molecule has 0 bridgehead atoms. The van der Waals surface area contributed by atoms with E-state index >= 15 is 0 Å². The zero-order valence-corrected chi connectivity index (χ0v) is 11.1. The van der Waals surface area contributed by atoms with Crippen molar-refractivity contribution in [3.05, 3.63) is 17.6 Å². The molecule has 1 N–H and O–H groups in total. The molecular formula is C11H14BrN3O2. The van der Waals surface area contributed by atoms with Gasteiger partial charge in [0, 0.05) is 30.1 Å². The number of aliphatic hydroxyl groups is 1. The normalized spacial score (nSPS) is 20.1. The molecule has 1 aliphatic rings. The molecule has 6 heteroatoms. The highest BCUT2D eigenvalue weighted by molar-refractivity contribution is 9.09. The minimum absolute atomic E-state index is 0.0576. The van der Waals surface area contributed by atoms with Crippen LogP contribution in [0.5, 0.6) is 0 Å². The largest absolute Gasteiger partial charge is 0.391 e. The molecule has 0 saturated carbocycles. The van der Waals surface area contributed by atoms with E-state index < -0.39 is 0 Å². The van der Waals surface area contributed by atoms with Crippen molar-refractivity contribution in [3.8, 4) is 0 Å². The smallest absolute Gasteiger partial charge is 0.228 e. The molecule has 5 nitrogen and oxygen atoms in total. The summed E-state index contributed by atoms with van der Waals surface area (Å²) >= 11 is 3.39. The summed E-state index contributed by atoms with van der Waals surface area (Å²) in [5.74, 6) is 1.52. The number of halogens is 1. The van der Waals surface area contributed by atoms with Gasteiger partial charge in [-0.15, -0.1) is 0 Å². The first-order valence-corrected chi connectivity index (χ1v) is 6.57. The third kappa shape index (κ3) is 2.47. The van der Waals surface area contributed by atoms with Gasteiger partial charge in [-0.05, 0) is 12.8 Å². The SMILES string of the molecule is Cc1ncc(CO)c(N2CC(CBr)CC2=O)n1. The lowest BCUT2D eigenvalue weighted by Gasteiger charge is -2.18. The fourth-order valence-corrected chi connectivity index (χ4v) is 2.35. The van der Waals surface area contributed by atoms with Gasteiger partial charge in [0.15, 0.2) is 0 Å². The third-order valence-electron chi connectivity index (χ3n) is 2.81. The monoisotopic (exact) mass is 299 g/mol. The van der Waals surface area contributed by atoms with Crippen molar-refractivity contribution in [1.82, 2.24) is 9.97 Å². The van der Waals surface area contributed by atoms with Crippen LogP contribution in [-0.2, 0) is 11.4 Å². The predicted molar refractivity (Wildman–Crippen MR) is 66.9 cm³/mol. The molecule has 0 aromatic carbocycles. The molecule has 0 radical (unpaired) electrons. The average Bonchev–Trinajstić information content (AvgIpc) is 2.70. The first kappa shape index (κ1) is 12.4. The Morgan fingerprint density at radius 3 is 3.00 bits per heavy atom. The van der Waals surface area contributed by atoms with E-state index in [1.807, 2.05) is 0 Å². The maximum absolute atomic E-state index is 11.9. The van der Waals surface area contributed by atoms with Gasteiger partial charge in [0.1, 0.15) is 11.6 Å². The summed E-state index contributed by atoms with van der Waals surface area (Å²) in [7, 11) is 0. The van der Waals surface area contributed by atoms with Crippen molar-refractivity contribution in [2.75, 3.05) is 16.8 Å². The number of aromatic nitrogens is 2. The predicted octanol–water partition coefficient (Wildman–Crippen LogP) is 1.03. The van der Waals surface area contributed by atoms with Crippen LogP contribution in [0.4, 0.5) is 5.82 Å². The van der Waals surface area contributed by atoms with Gasteiger partial charge in [-0.3, -0.25) is 9.69 Å². The highest BCUT2D eigenvalue weighted by Gasteiger charge is 2.32. The number of rotatable bonds is 3. The first-order chi connectivity index (χ1) is 8.15. The van der Waals surface area contributed by atoms with Crippen molar-refractivity contribution >= 4 is 27.7 Å². The summed E-state index contributed by atoms with van der Waals surface area (Å²) < 4.78 is 0. The number of alkyl halides is 1. The molecule has 1 aromatic heterocycles. The van der Waals surface area contributed by atoms with Crippen LogP contribution in [0.1, 0.15) is 17.8 Å². The van der Waals surface area contributed by atoms with E-state index in [1.165, 1.54) is 0 Å². The van der Waals surface area contributed by atoms with E-state index in [9.17, 15) is 9.90 Å². The zero-order chi connectivity index (χ0) is 12.4. The van der Waals surface area contributed by atoms with Gasteiger partial charge in [0.05, 0.1) is 6.61 Å². The average molecular weight is 300 g/mol. The number of amides is 1. The number of carbonyl (C=O) groups is 1. The molecule has 1 amide bonds. The Morgan fingerprint density at radius 1 is 1.65 bits per heavy atom. The van der Waals surface area contributed by atoms with Crippen LogP contribution in [0.2, 0.25) is 0 Å². The molecule has 1 aliphatic heterocycles. The quantitative estimate of drug-likeness (QED) is 0.847. The molecule has 0 aliphatic carbocycles. The first-order valence-electron chi connectivity index (χ1n) is 5.45. The molecule has 1 atom stereocenters. The van der Waals surface area contributed by atoms with Crippen LogP contribution in [0.3, 0.4) is 0 Å². The fraction of sp³-hybridized carbons (Fsp3) is 0.545. The molecule has 0 spiro atoms. The van der Waals surface area contributed by atoms with Gasteiger partial charge in [-0.2, -0.15) is 0 Å². The van der Waals surface area contributed by atoms with E-state index in [2.05, 4.69) is 25.9 Å². The van der Waals surface area contributed by atoms with Crippen molar-refractivity contribution in [3.63, 3.8) is 0 Å². The summed E-state index contributed by atoms with van der Waals surface area (Å²) in [5.41, 5.74) is 0.596. The lowest BCUT2D eigenvalue weighted by molar-refractivity contribution is -0.117. The topological polar surface area (TPSA) is 66.3 Å². The van der Waals surface area contributed by atoms with Gasteiger partial charge in [-0.1, -0.05) is 15.9 Å². The standard InChI is InChI=1S/C11H14BrN3O2/c1-7-13-4-9(6-16)11(14-7)15-5-8(3-12)2-10(15)17/h4,8,16H,2-3,5-6H2,1H3. The van der Waals surface area contributed by atoms with E-state index in [0.29, 0.717) is 36.1 Å². The molecule has 1 saturated heterocycles. The number of hydrogen-bond acceptors (Lipinski definition) is 4. The molecule has 2 rings (SSSR count). The van der Waals surface area contributed by atoms with Crippen LogP contribution in [0.25, 0.3) is 0 Å². The van der Waals surface area contributed by atoms with Crippen molar-refractivity contribution in [2.24, 2.45) is 5.92 Å². The Hall–Kier alpha value is -1.01. The molecule has 1 fully saturated rings. The zero-order valence-electron chi connectivity index (χ0n) is 9.56. The molecule has 2 heterocycles. The second kappa shape index (κ2) is 5.10. The molecule has 17 heavy (non-hydrogen) atoms. The summed E-state index contributed by atoms with van der Waals surface area (Å²) in [5, 5.41) is 10.1. The highest BCUT2D eigenvalue weighted by Crippen LogP contribution is 2.27. The van der Waals surface area contributed by atoms with Crippen LogP contribution in [0.15, 0.2) is 6.20 Å². The van der Waals surface area contributed by atoms with Crippen molar-refractivity contribution < 1.29 is 9.90 Å². The highest BCUT2D eigenvalue weighted by atomic mass is 79.9. The van der Waals surface area contributed by atoms with E-state index in [0.717, 1.165) is 5.33 Å². The van der Waals surface area contributed by atoms with E-state index in [4.69, 9.17) is 0 Å². The summed E-state index contributed by atoms with van der Waals surface area (Å²) in [6.07, 6.45) is 2.10. The van der Waals surface area contributed by atoms with Crippen LogP contribution in [0, 0.1) is 12.8 Å².